The van der Waals surface area contributed by atoms with Crippen molar-refractivity contribution in [2.45, 2.75) is 99.7 Å². The summed E-state index contributed by atoms with van der Waals surface area (Å²) in [4.78, 5) is 0. The van der Waals surface area contributed by atoms with Gasteiger partial charge in [-0.2, -0.15) is 0 Å². The fourth-order valence-electron chi connectivity index (χ4n) is 3.74. The summed E-state index contributed by atoms with van der Waals surface area (Å²) in [6.45, 7) is 29.6. The molecule has 2 aromatic carbocycles. The van der Waals surface area contributed by atoms with E-state index in [0.29, 0.717) is 0 Å². The highest BCUT2D eigenvalue weighted by molar-refractivity contribution is 6.70. The molecule has 0 N–H and O–H groups in total. The molecule has 0 radical (unpaired) electrons. The molecule has 0 heterocycles. The minimum absolute atomic E-state index is 0.0206. The van der Waals surface area contributed by atoms with Crippen LogP contribution in [0.25, 0.3) is 11.1 Å². The maximum absolute atomic E-state index is 6.84. The molecule has 0 unspecified atom stereocenters. The SMILES string of the molecule is Cc1cc(C(C)(C)C)cc(-c2c(C)c(C)cc(C(C)(C)C)c2O[Si](C)(C)C)c1C. The van der Waals surface area contributed by atoms with Crippen LogP contribution in [-0.4, -0.2) is 8.32 Å². The fraction of sp³-hybridized carbons (Fsp3) is 0.556. The first-order valence-electron chi connectivity index (χ1n) is 10.9. The van der Waals surface area contributed by atoms with Crippen LogP contribution in [0.4, 0.5) is 0 Å². The lowest BCUT2D eigenvalue weighted by Gasteiger charge is -2.32. The van der Waals surface area contributed by atoms with E-state index in [1.165, 1.54) is 44.5 Å². The largest absolute Gasteiger partial charge is 0.544 e. The molecule has 0 fully saturated rings. The predicted molar refractivity (Wildman–Crippen MR) is 132 cm³/mol. The third kappa shape index (κ3) is 5.15. The topological polar surface area (TPSA) is 9.23 Å². The van der Waals surface area contributed by atoms with E-state index in [-0.39, 0.29) is 10.8 Å². The van der Waals surface area contributed by atoms with Crippen LogP contribution < -0.4 is 4.43 Å². The number of hydrogen-bond acceptors (Lipinski definition) is 1. The van der Waals surface area contributed by atoms with E-state index in [4.69, 9.17) is 4.43 Å². The van der Waals surface area contributed by atoms with Gasteiger partial charge in [-0.25, -0.2) is 0 Å². The summed E-state index contributed by atoms with van der Waals surface area (Å²) < 4.78 is 6.84. The van der Waals surface area contributed by atoms with Crippen LogP contribution in [-0.2, 0) is 10.8 Å². The Labute approximate surface area is 181 Å². The molecular formula is C27H42OSi. The second-order valence-electron chi connectivity index (χ2n) is 11.8. The smallest absolute Gasteiger partial charge is 0.242 e. The number of hydrogen-bond donors (Lipinski definition) is 0. The monoisotopic (exact) mass is 410 g/mol. The summed E-state index contributed by atoms with van der Waals surface area (Å²) in [6.07, 6.45) is 0. The van der Waals surface area contributed by atoms with E-state index in [2.05, 4.69) is 107 Å². The van der Waals surface area contributed by atoms with Gasteiger partial charge >= 0.3 is 0 Å². The van der Waals surface area contributed by atoms with E-state index in [1.807, 2.05) is 0 Å². The van der Waals surface area contributed by atoms with Gasteiger partial charge in [0, 0.05) is 5.56 Å². The van der Waals surface area contributed by atoms with Gasteiger partial charge < -0.3 is 4.43 Å². The number of rotatable bonds is 3. The first-order chi connectivity index (χ1) is 12.9. The number of aryl methyl sites for hydroxylation is 2. The molecule has 0 bridgehead atoms. The third-order valence-corrected chi connectivity index (χ3v) is 6.63. The Morgan fingerprint density at radius 3 is 1.66 bits per heavy atom. The molecule has 0 aromatic heterocycles. The Morgan fingerprint density at radius 1 is 0.690 bits per heavy atom. The van der Waals surface area contributed by atoms with Crippen molar-refractivity contribution < 1.29 is 4.43 Å². The lowest BCUT2D eigenvalue weighted by molar-refractivity contribution is 0.509. The summed E-state index contributed by atoms with van der Waals surface area (Å²) in [5.74, 6) is 1.10. The van der Waals surface area contributed by atoms with Crippen LogP contribution >= 0.6 is 0 Å². The van der Waals surface area contributed by atoms with Gasteiger partial charge in [0.1, 0.15) is 5.75 Å². The lowest BCUT2D eigenvalue weighted by Crippen LogP contribution is -2.31. The zero-order chi connectivity index (χ0) is 22.5. The quantitative estimate of drug-likeness (QED) is 0.461. The first kappa shape index (κ1) is 23.7. The van der Waals surface area contributed by atoms with E-state index < -0.39 is 8.32 Å². The van der Waals surface area contributed by atoms with Crippen molar-refractivity contribution in [3.8, 4) is 16.9 Å². The van der Waals surface area contributed by atoms with E-state index in [1.54, 1.807) is 0 Å². The second-order valence-corrected chi connectivity index (χ2v) is 16.2. The molecule has 0 amide bonds. The van der Waals surface area contributed by atoms with Crippen LogP contribution in [0, 0.1) is 27.7 Å². The van der Waals surface area contributed by atoms with Gasteiger partial charge in [0.2, 0.25) is 8.32 Å². The van der Waals surface area contributed by atoms with E-state index in [0.717, 1.165) is 5.75 Å². The molecule has 0 aliphatic rings. The van der Waals surface area contributed by atoms with Crippen LogP contribution in [0.2, 0.25) is 19.6 Å². The maximum atomic E-state index is 6.84. The van der Waals surface area contributed by atoms with Crippen molar-refractivity contribution in [2.24, 2.45) is 0 Å². The maximum Gasteiger partial charge on any atom is 0.242 e. The minimum atomic E-state index is -1.79. The molecule has 0 spiro atoms. The molecule has 2 heteroatoms. The van der Waals surface area contributed by atoms with Crippen molar-refractivity contribution in [3.05, 3.63) is 51.6 Å². The molecule has 0 atom stereocenters. The molecule has 0 saturated heterocycles. The molecule has 2 rings (SSSR count). The molecule has 2 aromatic rings. The summed E-state index contributed by atoms with van der Waals surface area (Å²) >= 11 is 0. The minimum Gasteiger partial charge on any atom is -0.544 e. The Balaban J connectivity index is 3.03. The van der Waals surface area contributed by atoms with E-state index >= 15 is 0 Å². The van der Waals surface area contributed by atoms with Gasteiger partial charge in [0.05, 0.1) is 0 Å². The molecular weight excluding hydrogens is 368 g/mol. The summed E-state index contributed by atoms with van der Waals surface area (Å²) in [6, 6.07) is 7.12. The average Bonchev–Trinajstić information content (AvgIpc) is 2.50. The van der Waals surface area contributed by atoms with Crippen LogP contribution in [0.5, 0.6) is 5.75 Å². The van der Waals surface area contributed by atoms with Crippen molar-refractivity contribution in [1.82, 2.24) is 0 Å². The Kier molecular flexibility index (Phi) is 6.23. The Morgan fingerprint density at radius 2 is 1.21 bits per heavy atom. The molecule has 160 valence electrons. The third-order valence-electron chi connectivity index (χ3n) is 5.82. The van der Waals surface area contributed by atoms with Crippen LogP contribution in [0.15, 0.2) is 18.2 Å². The first-order valence-corrected chi connectivity index (χ1v) is 14.3. The van der Waals surface area contributed by atoms with E-state index in [9.17, 15) is 0 Å². The highest BCUT2D eigenvalue weighted by Crippen LogP contribution is 2.46. The molecule has 0 saturated carbocycles. The van der Waals surface area contributed by atoms with Gasteiger partial charge in [-0.05, 0) is 97.1 Å². The Bertz CT molecular complexity index is 916. The van der Waals surface area contributed by atoms with Crippen molar-refractivity contribution in [1.29, 1.82) is 0 Å². The lowest BCUT2D eigenvalue weighted by atomic mass is 9.78. The molecule has 29 heavy (non-hydrogen) atoms. The fourth-order valence-corrected chi connectivity index (χ4v) is 4.56. The molecule has 1 nitrogen and oxygen atoms in total. The normalized spacial score (nSPS) is 13.0. The Hall–Kier alpha value is -1.54. The van der Waals surface area contributed by atoms with Crippen molar-refractivity contribution in [2.75, 3.05) is 0 Å². The molecule has 0 aliphatic heterocycles. The zero-order valence-corrected chi connectivity index (χ0v) is 22.1. The van der Waals surface area contributed by atoms with Gasteiger partial charge in [0.25, 0.3) is 0 Å². The molecule has 0 aliphatic carbocycles. The number of benzene rings is 2. The van der Waals surface area contributed by atoms with Crippen LogP contribution in [0.1, 0.15) is 74.9 Å². The van der Waals surface area contributed by atoms with Gasteiger partial charge in [-0.1, -0.05) is 59.7 Å². The predicted octanol–water partition coefficient (Wildman–Crippen LogP) is 8.40. The summed E-state index contributed by atoms with van der Waals surface area (Å²) in [5.41, 5.74) is 10.8. The zero-order valence-electron chi connectivity index (χ0n) is 21.1. The average molecular weight is 411 g/mol. The van der Waals surface area contributed by atoms with Crippen molar-refractivity contribution >= 4 is 8.32 Å². The second kappa shape index (κ2) is 7.61. The highest BCUT2D eigenvalue weighted by Gasteiger charge is 2.29. The standard InChI is InChI=1S/C27H42OSi/c1-17-14-21(26(5,6)7)16-22(19(17)3)24-20(4)18(2)15-23(27(8,9)10)25(24)28-29(11,12)13/h14-16H,1-13H3. The highest BCUT2D eigenvalue weighted by atomic mass is 28.4. The van der Waals surface area contributed by atoms with Gasteiger partial charge in [0.15, 0.2) is 0 Å². The summed E-state index contributed by atoms with van der Waals surface area (Å²) in [7, 11) is -1.79. The van der Waals surface area contributed by atoms with Gasteiger partial charge in [-0.3, -0.25) is 0 Å². The summed E-state index contributed by atoms with van der Waals surface area (Å²) in [5, 5.41) is 0. The van der Waals surface area contributed by atoms with Crippen molar-refractivity contribution in [3.63, 3.8) is 0 Å². The van der Waals surface area contributed by atoms with Crippen LogP contribution in [0.3, 0.4) is 0 Å². The van der Waals surface area contributed by atoms with Gasteiger partial charge in [-0.15, -0.1) is 0 Å².